The maximum atomic E-state index is 4.44. The first-order valence-corrected chi connectivity index (χ1v) is 7.71. The Hall–Kier alpha value is -1.68. The molecule has 0 aliphatic rings. The molecule has 0 radical (unpaired) electrons. The molecule has 0 aliphatic heterocycles. The summed E-state index contributed by atoms with van der Waals surface area (Å²) in [6.07, 6.45) is 2.51. The van der Waals surface area contributed by atoms with Gasteiger partial charge in [-0.05, 0) is 39.8 Å². The van der Waals surface area contributed by atoms with Crippen LogP contribution in [0.3, 0.4) is 0 Å². The van der Waals surface area contributed by atoms with Crippen molar-refractivity contribution in [3.05, 3.63) is 47.0 Å². The quantitative estimate of drug-likeness (QED) is 0.885. The third-order valence-corrected chi connectivity index (χ3v) is 3.62. The maximum absolute atomic E-state index is 4.44. The first-order valence-electron chi connectivity index (χ1n) is 7.71. The van der Waals surface area contributed by atoms with Crippen molar-refractivity contribution >= 4 is 0 Å². The van der Waals surface area contributed by atoms with Crippen molar-refractivity contribution in [3.63, 3.8) is 0 Å². The predicted molar refractivity (Wildman–Crippen MR) is 86.4 cm³/mol. The van der Waals surface area contributed by atoms with Gasteiger partial charge in [0.25, 0.3) is 0 Å². The summed E-state index contributed by atoms with van der Waals surface area (Å²) in [5.74, 6) is 1.04. The molecule has 114 valence electrons. The van der Waals surface area contributed by atoms with E-state index in [0.717, 1.165) is 18.8 Å². The summed E-state index contributed by atoms with van der Waals surface area (Å²) in [7, 11) is 0. The van der Waals surface area contributed by atoms with Crippen LogP contribution in [0.25, 0.3) is 0 Å². The summed E-state index contributed by atoms with van der Waals surface area (Å²) < 4.78 is 2.01. The van der Waals surface area contributed by atoms with Crippen molar-refractivity contribution in [2.45, 2.75) is 53.1 Å². The van der Waals surface area contributed by atoms with Crippen molar-refractivity contribution in [3.8, 4) is 0 Å². The summed E-state index contributed by atoms with van der Waals surface area (Å²) in [6, 6.07) is 7.34. The van der Waals surface area contributed by atoms with Crippen LogP contribution in [0.1, 0.15) is 55.4 Å². The van der Waals surface area contributed by atoms with E-state index in [4.69, 9.17) is 0 Å². The van der Waals surface area contributed by atoms with E-state index in [0.29, 0.717) is 6.04 Å². The number of nitrogens with one attached hydrogen (secondary N) is 1. The highest BCUT2D eigenvalue weighted by Gasteiger charge is 2.16. The zero-order chi connectivity index (χ0) is 15.4. The summed E-state index contributed by atoms with van der Waals surface area (Å²) in [6.45, 7) is 11.6. The topological polar surface area (TPSA) is 42.7 Å². The zero-order valence-corrected chi connectivity index (χ0v) is 13.7. The Morgan fingerprint density at radius 2 is 1.81 bits per heavy atom. The fourth-order valence-corrected chi connectivity index (χ4v) is 2.80. The lowest BCUT2D eigenvalue weighted by Gasteiger charge is -2.20. The van der Waals surface area contributed by atoms with Gasteiger partial charge in [-0.2, -0.15) is 5.10 Å². The highest BCUT2D eigenvalue weighted by atomic mass is 15.3. The number of aromatic nitrogens is 3. The van der Waals surface area contributed by atoms with Crippen molar-refractivity contribution in [2.24, 2.45) is 0 Å². The zero-order valence-electron chi connectivity index (χ0n) is 13.7. The monoisotopic (exact) mass is 286 g/mol. The Kier molecular flexibility index (Phi) is 5.12. The molecular formula is C17H26N4. The molecule has 0 spiro atoms. The Labute approximate surface area is 127 Å². The van der Waals surface area contributed by atoms with E-state index >= 15 is 0 Å². The van der Waals surface area contributed by atoms with Gasteiger partial charge in [-0.25, -0.2) is 9.67 Å². The fraction of sp³-hybridized carbons (Fsp3) is 0.529. The molecule has 0 saturated carbocycles. The predicted octanol–water partition coefficient (Wildman–Crippen LogP) is 3.37. The van der Waals surface area contributed by atoms with Crippen LogP contribution in [-0.4, -0.2) is 21.3 Å². The number of nitrogens with zero attached hydrogens (tertiary/aromatic N) is 3. The van der Waals surface area contributed by atoms with E-state index in [1.54, 1.807) is 6.33 Å². The lowest BCUT2D eigenvalue weighted by atomic mass is 9.98. The molecule has 0 fully saturated rings. The molecule has 1 N–H and O–H groups in total. The average molecular weight is 286 g/mol. The minimum atomic E-state index is 0.273. The van der Waals surface area contributed by atoms with E-state index in [1.807, 2.05) is 4.68 Å². The van der Waals surface area contributed by atoms with E-state index in [-0.39, 0.29) is 6.04 Å². The Balaban J connectivity index is 2.28. The number of hydrogen-bond acceptors (Lipinski definition) is 3. The van der Waals surface area contributed by atoms with Gasteiger partial charge in [-0.15, -0.1) is 0 Å². The highest BCUT2D eigenvalue weighted by Crippen LogP contribution is 2.21. The fourth-order valence-electron chi connectivity index (χ4n) is 2.80. The first-order chi connectivity index (χ1) is 10.0. The minimum absolute atomic E-state index is 0.273. The third kappa shape index (κ3) is 3.91. The van der Waals surface area contributed by atoms with Gasteiger partial charge in [0.05, 0.1) is 0 Å². The Bertz CT molecular complexity index is 566. The molecule has 2 aromatic rings. The summed E-state index contributed by atoms with van der Waals surface area (Å²) >= 11 is 0. The second-order valence-electron chi connectivity index (χ2n) is 5.95. The van der Waals surface area contributed by atoms with E-state index in [1.165, 1.54) is 16.7 Å². The molecule has 0 aliphatic carbocycles. The van der Waals surface area contributed by atoms with Crippen LogP contribution >= 0.6 is 0 Å². The van der Waals surface area contributed by atoms with Gasteiger partial charge in [-0.3, -0.25) is 0 Å². The molecule has 21 heavy (non-hydrogen) atoms. The molecule has 0 bridgehead atoms. The lowest BCUT2D eigenvalue weighted by Crippen LogP contribution is -2.25. The Morgan fingerprint density at radius 3 is 2.38 bits per heavy atom. The molecule has 0 saturated heterocycles. The van der Waals surface area contributed by atoms with Crippen LogP contribution in [0.15, 0.2) is 24.5 Å². The van der Waals surface area contributed by atoms with Gasteiger partial charge in [0.15, 0.2) is 0 Å². The van der Waals surface area contributed by atoms with Crippen LogP contribution in [0.5, 0.6) is 0 Å². The molecule has 1 unspecified atom stereocenters. The first kappa shape index (κ1) is 15.7. The molecular weight excluding hydrogens is 260 g/mol. The second-order valence-corrected chi connectivity index (χ2v) is 5.95. The summed E-state index contributed by atoms with van der Waals surface area (Å²) in [5, 5.41) is 7.91. The standard InChI is InChI=1S/C17H26N4/c1-6-18-16(15-8-13(4)7-14(5)9-15)10-17-19-11-20-21(17)12(2)3/h7-9,11-12,16,18H,6,10H2,1-5H3. The van der Waals surface area contributed by atoms with E-state index in [2.05, 4.69) is 68.2 Å². The second kappa shape index (κ2) is 6.85. The van der Waals surface area contributed by atoms with Gasteiger partial charge in [0.2, 0.25) is 0 Å². The molecule has 2 rings (SSSR count). The Morgan fingerprint density at radius 1 is 1.14 bits per heavy atom. The summed E-state index contributed by atoms with van der Waals surface area (Å²) in [5.41, 5.74) is 3.93. The number of likely N-dealkylation sites (N-methyl/N-ethyl adjacent to an activating group) is 1. The smallest absolute Gasteiger partial charge is 0.138 e. The van der Waals surface area contributed by atoms with Crippen LogP contribution in [0.4, 0.5) is 0 Å². The molecule has 4 heteroatoms. The van der Waals surface area contributed by atoms with Crippen LogP contribution < -0.4 is 5.32 Å². The molecule has 1 heterocycles. The SMILES string of the molecule is CCNC(Cc1ncnn1C(C)C)c1cc(C)cc(C)c1. The number of hydrogen-bond donors (Lipinski definition) is 1. The maximum Gasteiger partial charge on any atom is 0.138 e. The van der Waals surface area contributed by atoms with Gasteiger partial charge < -0.3 is 5.32 Å². The van der Waals surface area contributed by atoms with Crippen LogP contribution in [-0.2, 0) is 6.42 Å². The van der Waals surface area contributed by atoms with Gasteiger partial charge in [-0.1, -0.05) is 36.2 Å². The molecule has 4 nitrogen and oxygen atoms in total. The number of rotatable bonds is 6. The third-order valence-electron chi connectivity index (χ3n) is 3.62. The van der Waals surface area contributed by atoms with Crippen LogP contribution in [0, 0.1) is 13.8 Å². The van der Waals surface area contributed by atoms with E-state index < -0.39 is 0 Å². The number of benzene rings is 1. The highest BCUT2D eigenvalue weighted by molar-refractivity contribution is 5.31. The van der Waals surface area contributed by atoms with Crippen molar-refractivity contribution < 1.29 is 0 Å². The summed E-state index contributed by atoms with van der Waals surface area (Å²) in [4.78, 5) is 4.44. The molecule has 1 atom stereocenters. The molecule has 1 aromatic carbocycles. The van der Waals surface area contributed by atoms with Crippen molar-refractivity contribution in [2.75, 3.05) is 6.54 Å². The minimum Gasteiger partial charge on any atom is -0.310 e. The lowest BCUT2D eigenvalue weighted by molar-refractivity contribution is 0.468. The normalized spacial score (nSPS) is 12.9. The molecule has 1 aromatic heterocycles. The molecule has 0 amide bonds. The number of aryl methyl sites for hydroxylation is 2. The largest absolute Gasteiger partial charge is 0.310 e. The van der Waals surface area contributed by atoms with Gasteiger partial charge in [0, 0.05) is 18.5 Å². The average Bonchev–Trinajstić information content (AvgIpc) is 2.85. The van der Waals surface area contributed by atoms with E-state index in [9.17, 15) is 0 Å². The van der Waals surface area contributed by atoms with Gasteiger partial charge >= 0.3 is 0 Å². The van der Waals surface area contributed by atoms with Crippen LogP contribution in [0.2, 0.25) is 0 Å². The van der Waals surface area contributed by atoms with Crippen molar-refractivity contribution in [1.29, 1.82) is 0 Å². The van der Waals surface area contributed by atoms with Gasteiger partial charge in [0.1, 0.15) is 12.2 Å². The van der Waals surface area contributed by atoms with Crippen molar-refractivity contribution in [1.82, 2.24) is 20.1 Å².